The fourth-order valence-electron chi connectivity index (χ4n) is 1.18. The molecule has 0 aliphatic rings. The van der Waals surface area contributed by atoms with E-state index >= 15 is 0 Å². The molecule has 0 unspecified atom stereocenters. The van der Waals surface area contributed by atoms with Crippen molar-refractivity contribution in [2.75, 3.05) is 20.2 Å². The first-order valence-corrected chi connectivity index (χ1v) is 5.34. The van der Waals surface area contributed by atoms with Crippen LogP contribution in [0.4, 0.5) is 0 Å². The van der Waals surface area contributed by atoms with Gasteiger partial charge in [0.2, 0.25) is 0 Å². The molecule has 6 nitrogen and oxygen atoms in total. The number of nitrogens with zero attached hydrogens (tertiary/aromatic N) is 1. The maximum absolute atomic E-state index is 9.61. The molecule has 0 aromatic rings. The Balaban J connectivity index is 4.21. The van der Waals surface area contributed by atoms with Crippen LogP contribution in [-0.2, 0) is 0 Å². The number of hydrogen-bond donors (Lipinski definition) is 5. The molecule has 0 aromatic heterocycles. The van der Waals surface area contributed by atoms with Crippen molar-refractivity contribution in [3.05, 3.63) is 0 Å². The monoisotopic (exact) mass is 237 g/mol. The smallest absolute Gasteiger partial charge is 0.111 e. The van der Waals surface area contributed by atoms with Crippen molar-refractivity contribution >= 4 is 0 Å². The molecule has 98 valence electrons. The van der Waals surface area contributed by atoms with E-state index in [1.54, 1.807) is 11.9 Å². The van der Waals surface area contributed by atoms with Gasteiger partial charge in [-0.3, -0.25) is 0 Å². The molecule has 0 amide bonds. The average molecular weight is 237 g/mol. The van der Waals surface area contributed by atoms with E-state index in [-0.39, 0.29) is 12.6 Å². The van der Waals surface area contributed by atoms with E-state index in [9.17, 15) is 15.3 Å². The first kappa shape index (κ1) is 15.8. The number of hydrogen-bond acceptors (Lipinski definition) is 6. The van der Waals surface area contributed by atoms with Crippen LogP contribution in [0.5, 0.6) is 0 Å². The van der Waals surface area contributed by atoms with Crippen LogP contribution >= 0.6 is 0 Å². The lowest BCUT2D eigenvalue weighted by Gasteiger charge is -2.30. The van der Waals surface area contributed by atoms with Gasteiger partial charge in [-0.25, -0.2) is 0 Å². The van der Waals surface area contributed by atoms with Gasteiger partial charge in [0.25, 0.3) is 0 Å². The lowest BCUT2D eigenvalue weighted by molar-refractivity contribution is -0.119. The molecule has 0 fully saturated rings. The minimum absolute atomic E-state index is 0.175. The van der Waals surface area contributed by atoms with E-state index in [1.807, 2.05) is 13.8 Å². The third-order valence-electron chi connectivity index (χ3n) is 2.68. The molecule has 6 heteroatoms. The highest BCUT2D eigenvalue weighted by atomic mass is 16.4. The number of rotatable bonds is 7. The summed E-state index contributed by atoms with van der Waals surface area (Å²) in [5, 5.41) is 46.2. The number of aliphatic hydroxyl groups excluding tert-OH is 5. The Bertz CT molecular complexity index is 190. The minimum Gasteiger partial charge on any atom is -0.394 e. The van der Waals surface area contributed by atoms with Crippen LogP contribution < -0.4 is 0 Å². The van der Waals surface area contributed by atoms with Crippen molar-refractivity contribution in [2.45, 2.75) is 44.3 Å². The summed E-state index contributed by atoms with van der Waals surface area (Å²) in [4.78, 5) is 1.80. The average Bonchev–Trinajstić information content (AvgIpc) is 2.25. The van der Waals surface area contributed by atoms with Gasteiger partial charge in [-0.1, -0.05) is 0 Å². The van der Waals surface area contributed by atoms with Crippen LogP contribution in [0.2, 0.25) is 0 Å². The molecule has 0 rings (SSSR count). The highest BCUT2D eigenvalue weighted by molar-refractivity contribution is 4.82. The summed E-state index contributed by atoms with van der Waals surface area (Å²) < 4.78 is 0. The third kappa shape index (κ3) is 4.73. The molecule has 0 saturated heterocycles. The highest BCUT2D eigenvalue weighted by Crippen LogP contribution is 2.07. The summed E-state index contributed by atoms with van der Waals surface area (Å²) in [6, 6.07) is 0.196. The van der Waals surface area contributed by atoms with Gasteiger partial charge >= 0.3 is 0 Å². The molecule has 0 spiro atoms. The van der Waals surface area contributed by atoms with Crippen LogP contribution in [-0.4, -0.2) is 81.1 Å². The molecular weight excluding hydrogens is 214 g/mol. The number of aliphatic hydroxyl groups is 5. The van der Waals surface area contributed by atoms with E-state index in [4.69, 9.17) is 10.2 Å². The zero-order chi connectivity index (χ0) is 12.9. The van der Waals surface area contributed by atoms with Crippen molar-refractivity contribution in [3.8, 4) is 0 Å². The minimum atomic E-state index is -1.56. The molecule has 0 aromatic carbocycles. The Morgan fingerprint density at radius 2 is 1.38 bits per heavy atom. The van der Waals surface area contributed by atoms with E-state index in [0.717, 1.165) is 0 Å². The molecule has 16 heavy (non-hydrogen) atoms. The zero-order valence-electron chi connectivity index (χ0n) is 9.98. The molecule has 0 heterocycles. The van der Waals surface area contributed by atoms with Crippen molar-refractivity contribution in [1.82, 2.24) is 4.90 Å². The van der Waals surface area contributed by atoms with E-state index in [2.05, 4.69) is 0 Å². The fourth-order valence-corrected chi connectivity index (χ4v) is 1.18. The lowest BCUT2D eigenvalue weighted by atomic mass is 10.0. The second-order valence-electron chi connectivity index (χ2n) is 4.33. The second kappa shape index (κ2) is 7.16. The topological polar surface area (TPSA) is 104 Å². The van der Waals surface area contributed by atoms with E-state index in [1.165, 1.54) is 0 Å². The van der Waals surface area contributed by atoms with Crippen LogP contribution in [0.3, 0.4) is 0 Å². The summed E-state index contributed by atoms with van der Waals surface area (Å²) in [7, 11) is 1.77. The van der Waals surface area contributed by atoms with Gasteiger partial charge in [-0.15, -0.1) is 0 Å². The largest absolute Gasteiger partial charge is 0.394 e. The lowest BCUT2D eigenvalue weighted by Crippen LogP contribution is -2.50. The summed E-state index contributed by atoms with van der Waals surface area (Å²) in [6.07, 6.45) is -5.67. The Kier molecular flexibility index (Phi) is 7.05. The molecular formula is C10H23NO5. The molecule has 0 bridgehead atoms. The van der Waals surface area contributed by atoms with E-state index < -0.39 is 31.0 Å². The first-order valence-electron chi connectivity index (χ1n) is 5.34. The fraction of sp³-hybridized carbons (Fsp3) is 1.00. The summed E-state index contributed by atoms with van der Waals surface area (Å²) in [5.41, 5.74) is 0. The summed E-state index contributed by atoms with van der Waals surface area (Å²) in [5.74, 6) is 0. The Morgan fingerprint density at radius 3 is 1.75 bits per heavy atom. The standard InChI is InChI=1S/C10H23NO5/c1-6(2)11(3)4-7(13)9(15)10(16)8(14)5-12/h6-10,12-16H,4-5H2,1-3H3/t7-,8+,9+,10+/m0/s1. The Morgan fingerprint density at radius 1 is 0.938 bits per heavy atom. The molecule has 0 aliphatic heterocycles. The van der Waals surface area contributed by atoms with Gasteiger partial charge < -0.3 is 30.4 Å². The van der Waals surface area contributed by atoms with Crippen molar-refractivity contribution in [1.29, 1.82) is 0 Å². The SMILES string of the molecule is CC(C)N(C)C[C@H](O)[C@@H](O)[C@H](O)[C@H](O)CO. The van der Waals surface area contributed by atoms with Gasteiger partial charge in [0.05, 0.1) is 12.7 Å². The van der Waals surface area contributed by atoms with Crippen molar-refractivity contribution < 1.29 is 25.5 Å². The van der Waals surface area contributed by atoms with Gasteiger partial charge in [-0.05, 0) is 20.9 Å². The Labute approximate surface area is 95.8 Å². The third-order valence-corrected chi connectivity index (χ3v) is 2.68. The van der Waals surface area contributed by atoms with Gasteiger partial charge in [0.15, 0.2) is 0 Å². The molecule has 0 saturated carbocycles. The predicted molar refractivity (Wildman–Crippen MR) is 58.9 cm³/mol. The maximum Gasteiger partial charge on any atom is 0.111 e. The first-order chi connectivity index (χ1) is 7.31. The Hall–Kier alpha value is -0.240. The maximum atomic E-state index is 9.61. The van der Waals surface area contributed by atoms with Crippen LogP contribution in [0.25, 0.3) is 0 Å². The summed E-state index contributed by atoms with van der Waals surface area (Å²) >= 11 is 0. The van der Waals surface area contributed by atoms with Gasteiger partial charge in [-0.2, -0.15) is 0 Å². The molecule has 5 N–H and O–H groups in total. The summed E-state index contributed by atoms with van der Waals surface area (Å²) in [6.45, 7) is 3.37. The van der Waals surface area contributed by atoms with Crippen molar-refractivity contribution in [2.24, 2.45) is 0 Å². The van der Waals surface area contributed by atoms with Crippen LogP contribution in [0, 0.1) is 0 Å². The van der Waals surface area contributed by atoms with Crippen LogP contribution in [0.15, 0.2) is 0 Å². The molecule has 0 aliphatic carbocycles. The van der Waals surface area contributed by atoms with Crippen LogP contribution in [0.1, 0.15) is 13.8 Å². The van der Waals surface area contributed by atoms with Gasteiger partial charge in [0.1, 0.15) is 18.3 Å². The normalized spacial score (nSPS) is 19.9. The molecule has 4 atom stereocenters. The second-order valence-corrected chi connectivity index (χ2v) is 4.33. The van der Waals surface area contributed by atoms with Gasteiger partial charge in [0, 0.05) is 12.6 Å². The molecule has 0 radical (unpaired) electrons. The highest BCUT2D eigenvalue weighted by Gasteiger charge is 2.30. The quantitative estimate of drug-likeness (QED) is 0.343. The zero-order valence-corrected chi connectivity index (χ0v) is 9.98. The predicted octanol–water partition coefficient (Wildman–Crippen LogP) is -2.24. The van der Waals surface area contributed by atoms with Crippen molar-refractivity contribution in [3.63, 3.8) is 0 Å². The van der Waals surface area contributed by atoms with E-state index in [0.29, 0.717) is 0 Å². The number of likely N-dealkylation sites (N-methyl/N-ethyl adjacent to an activating group) is 1.